The normalized spacial score (nSPS) is 20.1. The van der Waals surface area contributed by atoms with Crippen LogP contribution in [0.2, 0.25) is 0 Å². The van der Waals surface area contributed by atoms with Gasteiger partial charge in [-0.15, -0.1) is 10.2 Å². The van der Waals surface area contributed by atoms with E-state index >= 15 is 0 Å². The molecule has 1 N–H and O–H groups in total. The van der Waals surface area contributed by atoms with Crippen LogP contribution in [0.3, 0.4) is 0 Å². The Morgan fingerprint density at radius 3 is 2.73 bits per heavy atom. The minimum Gasteiger partial charge on any atom is -0.461 e. The van der Waals surface area contributed by atoms with Crippen molar-refractivity contribution in [3.63, 3.8) is 0 Å². The molecule has 1 saturated heterocycles. The highest BCUT2D eigenvalue weighted by Crippen LogP contribution is 2.41. The van der Waals surface area contributed by atoms with Crippen molar-refractivity contribution >= 4 is 39.2 Å². The third-order valence-corrected chi connectivity index (χ3v) is 7.47. The Morgan fingerprint density at radius 1 is 1.27 bits per heavy atom. The second-order valence-electron chi connectivity index (χ2n) is 7.49. The lowest BCUT2D eigenvalue weighted by atomic mass is 10.2. The van der Waals surface area contributed by atoms with Crippen LogP contribution in [0.25, 0.3) is 5.69 Å². The van der Waals surface area contributed by atoms with Crippen molar-refractivity contribution in [1.82, 2.24) is 14.8 Å². The average Bonchev–Trinajstić information content (AvgIpc) is 3.34. The molecule has 1 aromatic heterocycles. The van der Waals surface area contributed by atoms with Gasteiger partial charge in [0, 0.05) is 18.5 Å². The number of carbonyl (C=O) groups excluding carboxylic acids is 2. The van der Waals surface area contributed by atoms with Crippen molar-refractivity contribution in [3.05, 3.63) is 30.1 Å². The molecule has 30 heavy (non-hydrogen) atoms. The molecule has 2 aromatic rings. The molecule has 0 spiro atoms. The van der Waals surface area contributed by atoms with Crippen molar-refractivity contribution < 1.29 is 22.7 Å². The van der Waals surface area contributed by atoms with Gasteiger partial charge in [-0.05, 0) is 37.5 Å². The molecule has 2 fully saturated rings. The van der Waals surface area contributed by atoms with E-state index in [1.54, 1.807) is 6.07 Å². The summed E-state index contributed by atoms with van der Waals surface area (Å²) in [5.41, 5.74) is 1.46. The number of anilines is 1. The number of benzene rings is 1. The highest BCUT2D eigenvalue weighted by Gasteiger charge is 2.32. The first-order chi connectivity index (χ1) is 14.3. The molecule has 1 aliphatic carbocycles. The number of thioether (sulfide) groups is 1. The average molecular weight is 451 g/mol. The van der Waals surface area contributed by atoms with Gasteiger partial charge in [0.1, 0.15) is 11.9 Å². The first-order valence-electron chi connectivity index (χ1n) is 9.67. The van der Waals surface area contributed by atoms with E-state index in [0.717, 1.165) is 24.4 Å². The monoisotopic (exact) mass is 450 g/mol. The molecule has 1 atom stereocenters. The maximum absolute atomic E-state index is 12.2. The lowest BCUT2D eigenvalue weighted by Gasteiger charge is -2.12. The van der Waals surface area contributed by atoms with Gasteiger partial charge in [-0.2, -0.15) is 0 Å². The van der Waals surface area contributed by atoms with Gasteiger partial charge >= 0.3 is 5.97 Å². The molecule has 1 unspecified atom stereocenters. The predicted molar refractivity (Wildman–Crippen MR) is 112 cm³/mol. The molecule has 1 saturated carbocycles. The molecule has 0 bridgehead atoms. The summed E-state index contributed by atoms with van der Waals surface area (Å²) in [5.74, 6) is 0.467. The van der Waals surface area contributed by atoms with Crippen LogP contribution in [0.15, 0.2) is 29.4 Å². The molecule has 1 aliphatic heterocycles. The molecule has 9 nitrogen and oxygen atoms in total. The summed E-state index contributed by atoms with van der Waals surface area (Å²) in [6, 6.07) is 7.36. The first kappa shape index (κ1) is 20.9. The zero-order chi connectivity index (χ0) is 21.3. The van der Waals surface area contributed by atoms with Gasteiger partial charge in [-0.25, -0.2) is 8.42 Å². The Hall–Kier alpha value is -2.40. The number of ether oxygens (including phenoxy) is 1. The van der Waals surface area contributed by atoms with E-state index in [0.29, 0.717) is 23.2 Å². The number of carbonyl (C=O) groups is 2. The highest BCUT2D eigenvalue weighted by molar-refractivity contribution is 7.99. The lowest BCUT2D eigenvalue weighted by Crippen LogP contribution is -2.20. The maximum Gasteiger partial charge on any atom is 0.316 e. The Balaban J connectivity index is 1.49. The summed E-state index contributed by atoms with van der Waals surface area (Å²) >= 11 is 1.20. The standard InChI is InChI=1S/C19H22N4O5S2/c1-12(24)20-14-3-2-4-15(9-14)23-18(13-5-6-13)21-22-19(23)29-10-17(25)28-16-7-8-30(26,27)11-16/h2-4,9,13,16H,5-8,10-11H2,1H3,(H,20,24). The summed E-state index contributed by atoms with van der Waals surface area (Å²) < 4.78 is 30.3. The molecule has 1 aromatic carbocycles. The zero-order valence-electron chi connectivity index (χ0n) is 16.4. The quantitative estimate of drug-likeness (QED) is 0.502. The van der Waals surface area contributed by atoms with E-state index in [-0.39, 0.29) is 23.2 Å². The molecule has 11 heteroatoms. The van der Waals surface area contributed by atoms with Crippen LogP contribution < -0.4 is 5.32 Å². The van der Waals surface area contributed by atoms with E-state index in [1.165, 1.54) is 18.7 Å². The molecule has 2 heterocycles. The molecular weight excluding hydrogens is 428 g/mol. The topological polar surface area (TPSA) is 120 Å². The maximum atomic E-state index is 12.2. The molecule has 4 rings (SSSR count). The van der Waals surface area contributed by atoms with Gasteiger partial charge in [0.05, 0.1) is 22.9 Å². The van der Waals surface area contributed by atoms with Crippen LogP contribution in [0.5, 0.6) is 0 Å². The highest BCUT2D eigenvalue weighted by atomic mass is 32.2. The van der Waals surface area contributed by atoms with E-state index in [2.05, 4.69) is 15.5 Å². The number of nitrogens with zero attached hydrogens (tertiary/aromatic N) is 3. The summed E-state index contributed by atoms with van der Waals surface area (Å²) in [6.45, 7) is 1.45. The summed E-state index contributed by atoms with van der Waals surface area (Å²) in [5, 5.41) is 11.9. The summed E-state index contributed by atoms with van der Waals surface area (Å²) in [4.78, 5) is 23.6. The third-order valence-electron chi connectivity index (χ3n) is 4.83. The van der Waals surface area contributed by atoms with Gasteiger partial charge in [0.25, 0.3) is 0 Å². The second-order valence-corrected chi connectivity index (χ2v) is 10.7. The Kier molecular flexibility index (Phi) is 5.83. The fraction of sp³-hybridized carbons (Fsp3) is 0.474. The summed E-state index contributed by atoms with van der Waals surface area (Å²) in [6.07, 6.45) is 1.84. The number of sulfone groups is 1. The van der Waals surface area contributed by atoms with Crippen LogP contribution in [-0.4, -0.2) is 58.4 Å². The number of hydrogen-bond donors (Lipinski definition) is 1. The Labute approximate surface area is 178 Å². The number of rotatable bonds is 7. The first-order valence-corrected chi connectivity index (χ1v) is 12.5. The molecule has 160 valence electrons. The van der Waals surface area contributed by atoms with Crippen LogP contribution in [0.1, 0.15) is 37.9 Å². The Bertz CT molecular complexity index is 1080. The van der Waals surface area contributed by atoms with E-state index < -0.39 is 21.9 Å². The zero-order valence-corrected chi connectivity index (χ0v) is 18.0. The van der Waals surface area contributed by atoms with Crippen molar-refractivity contribution in [3.8, 4) is 5.69 Å². The van der Waals surface area contributed by atoms with Gasteiger partial charge in [0.2, 0.25) is 5.91 Å². The van der Waals surface area contributed by atoms with Gasteiger partial charge in [0.15, 0.2) is 15.0 Å². The number of nitrogens with one attached hydrogen (secondary N) is 1. The van der Waals surface area contributed by atoms with Crippen molar-refractivity contribution in [2.24, 2.45) is 0 Å². The number of amides is 1. The van der Waals surface area contributed by atoms with Crippen molar-refractivity contribution in [2.45, 2.75) is 43.4 Å². The molecule has 2 aliphatic rings. The van der Waals surface area contributed by atoms with Crippen molar-refractivity contribution in [1.29, 1.82) is 0 Å². The predicted octanol–water partition coefficient (Wildman–Crippen LogP) is 1.93. The molecular formula is C19H22N4O5S2. The second kappa shape index (κ2) is 8.38. The van der Waals surface area contributed by atoms with Crippen LogP contribution >= 0.6 is 11.8 Å². The lowest BCUT2D eigenvalue weighted by molar-refractivity contribution is -0.144. The van der Waals surface area contributed by atoms with Crippen LogP contribution in [0.4, 0.5) is 5.69 Å². The van der Waals surface area contributed by atoms with Crippen LogP contribution in [-0.2, 0) is 24.2 Å². The van der Waals surface area contributed by atoms with E-state index in [1.807, 2.05) is 22.8 Å². The SMILES string of the molecule is CC(=O)Nc1cccc(-n2c(SCC(=O)OC3CCS(=O)(=O)C3)nnc2C2CC2)c1. The van der Waals surface area contributed by atoms with E-state index in [4.69, 9.17) is 4.74 Å². The minimum atomic E-state index is -3.10. The third kappa shape index (κ3) is 5.01. The van der Waals surface area contributed by atoms with Gasteiger partial charge in [-0.3, -0.25) is 14.2 Å². The number of hydrogen-bond acceptors (Lipinski definition) is 8. The fourth-order valence-corrected chi connectivity index (χ4v) is 5.68. The largest absolute Gasteiger partial charge is 0.461 e. The smallest absolute Gasteiger partial charge is 0.316 e. The molecule has 1 amide bonds. The fourth-order valence-electron chi connectivity index (χ4n) is 3.35. The minimum absolute atomic E-state index is 0.00470. The summed E-state index contributed by atoms with van der Waals surface area (Å²) in [7, 11) is -3.10. The van der Waals surface area contributed by atoms with Gasteiger partial charge in [-0.1, -0.05) is 17.8 Å². The molecule has 0 radical (unpaired) electrons. The van der Waals surface area contributed by atoms with Crippen molar-refractivity contribution in [2.75, 3.05) is 22.6 Å². The Morgan fingerprint density at radius 2 is 2.07 bits per heavy atom. The number of esters is 1. The van der Waals surface area contributed by atoms with E-state index in [9.17, 15) is 18.0 Å². The van der Waals surface area contributed by atoms with Gasteiger partial charge < -0.3 is 10.1 Å². The van der Waals surface area contributed by atoms with Crippen LogP contribution in [0, 0.1) is 0 Å². The number of aromatic nitrogens is 3.